The Kier molecular flexibility index (Phi) is 6.94. The summed E-state index contributed by atoms with van der Waals surface area (Å²) >= 11 is 15.2. The van der Waals surface area contributed by atoms with Crippen molar-refractivity contribution in [2.45, 2.75) is 17.9 Å². The Bertz CT molecular complexity index is 1130. The van der Waals surface area contributed by atoms with E-state index in [2.05, 4.69) is 9.97 Å². The smallest absolute Gasteiger partial charge is 0.239 e. The molecule has 0 bridgehead atoms. The van der Waals surface area contributed by atoms with Gasteiger partial charge in [0.25, 0.3) is 0 Å². The molecule has 1 amide bonds. The van der Waals surface area contributed by atoms with Gasteiger partial charge in [0, 0.05) is 35.4 Å². The highest BCUT2D eigenvalue weighted by Gasteiger charge is 2.20. The molecule has 0 unspecified atom stereocenters. The Morgan fingerprint density at radius 3 is 2.73 bits per heavy atom. The molecule has 30 heavy (non-hydrogen) atoms. The standard InChI is InChI=1S/C21H18Cl2N4OS2/c22-15-5-7-16(8-6-15)29-13-19(28)27(11-2-10-26-12-9-24-14-26)21-25-20-17(23)3-1-4-18(20)30-21/h1,3-9,12,14H,2,10-11,13H2. The van der Waals surface area contributed by atoms with Crippen LogP contribution in [0.15, 0.2) is 66.1 Å². The number of fused-ring (bicyclic) bond motifs is 1. The molecule has 0 radical (unpaired) electrons. The normalized spacial score (nSPS) is 11.1. The van der Waals surface area contributed by atoms with Crippen molar-refractivity contribution in [3.63, 3.8) is 0 Å². The zero-order chi connectivity index (χ0) is 20.9. The van der Waals surface area contributed by atoms with E-state index in [0.29, 0.717) is 27.5 Å². The molecular formula is C21H18Cl2N4OS2. The maximum atomic E-state index is 13.1. The van der Waals surface area contributed by atoms with Crippen molar-refractivity contribution < 1.29 is 4.79 Å². The van der Waals surface area contributed by atoms with Crippen molar-refractivity contribution in [2.24, 2.45) is 0 Å². The molecule has 4 aromatic rings. The third-order valence-corrected chi connectivity index (χ3v) is 7.02. The molecule has 0 saturated carbocycles. The second-order valence-corrected chi connectivity index (χ2v) is 9.43. The number of hydrogen-bond donors (Lipinski definition) is 0. The van der Waals surface area contributed by atoms with Crippen molar-refractivity contribution in [3.05, 3.63) is 71.2 Å². The average molecular weight is 477 g/mol. The number of anilines is 1. The van der Waals surface area contributed by atoms with Crippen LogP contribution in [0.25, 0.3) is 10.2 Å². The number of carbonyl (C=O) groups excluding carboxylic acids is 1. The van der Waals surface area contributed by atoms with Crippen LogP contribution in [0.5, 0.6) is 0 Å². The summed E-state index contributed by atoms with van der Waals surface area (Å²) in [5.41, 5.74) is 0.733. The summed E-state index contributed by atoms with van der Waals surface area (Å²) in [6, 6.07) is 13.2. The second kappa shape index (κ2) is 9.83. The summed E-state index contributed by atoms with van der Waals surface area (Å²) in [5, 5.41) is 1.94. The van der Waals surface area contributed by atoms with Crippen molar-refractivity contribution in [2.75, 3.05) is 17.2 Å². The number of aromatic nitrogens is 3. The molecule has 9 heteroatoms. The number of thioether (sulfide) groups is 1. The van der Waals surface area contributed by atoms with Crippen LogP contribution in [0.1, 0.15) is 6.42 Å². The van der Waals surface area contributed by atoms with Crippen LogP contribution in [0.4, 0.5) is 5.13 Å². The largest absolute Gasteiger partial charge is 0.337 e. The van der Waals surface area contributed by atoms with Crippen LogP contribution in [0, 0.1) is 0 Å². The Morgan fingerprint density at radius 1 is 1.17 bits per heavy atom. The van der Waals surface area contributed by atoms with Gasteiger partial charge in [0.2, 0.25) is 5.91 Å². The number of para-hydroxylation sites is 1. The highest BCUT2D eigenvalue weighted by atomic mass is 35.5. The minimum atomic E-state index is 0.00996. The van der Waals surface area contributed by atoms with E-state index >= 15 is 0 Å². The van der Waals surface area contributed by atoms with E-state index in [1.807, 2.05) is 53.2 Å². The molecule has 0 aliphatic carbocycles. The first-order chi connectivity index (χ1) is 14.6. The van der Waals surface area contributed by atoms with E-state index in [9.17, 15) is 4.79 Å². The Hall–Kier alpha value is -2.06. The molecule has 0 aliphatic heterocycles. The molecule has 0 saturated heterocycles. The lowest BCUT2D eigenvalue weighted by Crippen LogP contribution is -2.33. The fourth-order valence-electron chi connectivity index (χ4n) is 2.93. The van der Waals surface area contributed by atoms with Gasteiger partial charge in [-0.05, 0) is 42.8 Å². The minimum Gasteiger partial charge on any atom is -0.337 e. The van der Waals surface area contributed by atoms with Gasteiger partial charge in [-0.1, -0.05) is 40.6 Å². The molecule has 154 valence electrons. The molecule has 0 fully saturated rings. The molecular weight excluding hydrogens is 459 g/mol. The number of thiazole rings is 1. The number of carbonyl (C=O) groups is 1. The molecule has 5 nitrogen and oxygen atoms in total. The number of hydrogen-bond acceptors (Lipinski definition) is 5. The average Bonchev–Trinajstić information content (AvgIpc) is 3.41. The van der Waals surface area contributed by atoms with E-state index < -0.39 is 0 Å². The van der Waals surface area contributed by atoms with Crippen LogP contribution < -0.4 is 4.90 Å². The van der Waals surface area contributed by atoms with Crippen LogP contribution in [0.3, 0.4) is 0 Å². The lowest BCUT2D eigenvalue weighted by Gasteiger charge is -2.20. The Balaban J connectivity index is 1.51. The van der Waals surface area contributed by atoms with Gasteiger partial charge in [-0.15, -0.1) is 11.8 Å². The predicted octanol–water partition coefficient (Wildman–Crippen LogP) is 6.02. The van der Waals surface area contributed by atoms with Gasteiger partial charge in [-0.25, -0.2) is 9.97 Å². The van der Waals surface area contributed by atoms with E-state index in [1.165, 1.54) is 23.1 Å². The molecule has 0 aliphatic rings. The maximum Gasteiger partial charge on any atom is 0.239 e. The molecule has 2 aromatic heterocycles. The van der Waals surface area contributed by atoms with Gasteiger partial charge in [0.05, 0.1) is 21.8 Å². The summed E-state index contributed by atoms with van der Waals surface area (Å²) < 4.78 is 2.97. The highest BCUT2D eigenvalue weighted by molar-refractivity contribution is 8.00. The van der Waals surface area contributed by atoms with E-state index in [0.717, 1.165) is 28.1 Å². The van der Waals surface area contributed by atoms with Crippen LogP contribution in [-0.4, -0.2) is 32.7 Å². The first-order valence-electron chi connectivity index (χ1n) is 9.30. The molecule has 2 aromatic carbocycles. The number of halogens is 2. The van der Waals surface area contributed by atoms with Gasteiger partial charge in [-0.3, -0.25) is 9.69 Å². The Morgan fingerprint density at radius 2 is 2.00 bits per heavy atom. The van der Waals surface area contributed by atoms with Gasteiger partial charge in [0.1, 0.15) is 5.52 Å². The fraction of sp³-hybridized carbons (Fsp3) is 0.190. The summed E-state index contributed by atoms with van der Waals surface area (Å²) in [7, 11) is 0. The summed E-state index contributed by atoms with van der Waals surface area (Å²) in [6.07, 6.45) is 6.23. The summed E-state index contributed by atoms with van der Waals surface area (Å²) in [6.45, 7) is 1.34. The number of benzene rings is 2. The third-order valence-electron chi connectivity index (χ3n) is 4.42. The van der Waals surface area contributed by atoms with E-state index in [4.69, 9.17) is 23.2 Å². The lowest BCUT2D eigenvalue weighted by molar-refractivity contribution is -0.116. The monoisotopic (exact) mass is 476 g/mol. The first kappa shape index (κ1) is 21.2. The topological polar surface area (TPSA) is 51.0 Å². The van der Waals surface area contributed by atoms with Gasteiger partial charge >= 0.3 is 0 Å². The third kappa shape index (κ3) is 5.16. The zero-order valence-corrected chi connectivity index (χ0v) is 19.0. The van der Waals surface area contributed by atoms with Crippen molar-refractivity contribution in [1.29, 1.82) is 0 Å². The van der Waals surface area contributed by atoms with Crippen molar-refractivity contribution in [3.8, 4) is 0 Å². The predicted molar refractivity (Wildman–Crippen MR) is 126 cm³/mol. The summed E-state index contributed by atoms with van der Waals surface area (Å²) in [4.78, 5) is 24.6. The Labute approximate surface area is 192 Å². The quantitative estimate of drug-likeness (QED) is 0.292. The van der Waals surface area contributed by atoms with Crippen LogP contribution >= 0.6 is 46.3 Å². The van der Waals surface area contributed by atoms with E-state index in [-0.39, 0.29) is 5.91 Å². The van der Waals surface area contributed by atoms with Gasteiger partial charge in [0.15, 0.2) is 5.13 Å². The van der Waals surface area contributed by atoms with E-state index in [1.54, 1.807) is 17.4 Å². The minimum absolute atomic E-state index is 0.00996. The summed E-state index contributed by atoms with van der Waals surface area (Å²) in [5.74, 6) is 0.326. The number of imidazole rings is 1. The lowest BCUT2D eigenvalue weighted by atomic mass is 10.3. The first-order valence-corrected chi connectivity index (χ1v) is 11.9. The molecule has 0 atom stereocenters. The van der Waals surface area contributed by atoms with Crippen molar-refractivity contribution in [1.82, 2.24) is 14.5 Å². The van der Waals surface area contributed by atoms with Gasteiger partial charge in [-0.2, -0.15) is 0 Å². The number of nitrogens with zero attached hydrogens (tertiary/aromatic N) is 4. The SMILES string of the molecule is O=C(CSc1ccc(Cl)cc1)N(CCCn1ccnc1)c1nc2c(Cl)cccc2s1. The fourth-order valence-corrected chi connectivity index (χ4v) is 5.14. The maximum absolute atomic E-state index is 13.1. The van der Waals surface area contributed by atoms with Gasteiger partial charge < -0.3 is 4.57 Å². The number of aryl methyl sites for hydroxylation is 1. The molecule has 0 spiro atoms. The number of rotatable bonds is 8. The molecule has 4 rings (SSSR count). The molecule has 2 heterocycles. The zero-order valence-electron chi connectivity index (χ0n) is 15.9. The van der Waals surface area contributed by atoms with Crippen molar-refractivity contribution >= 4 is 67.6 Å². The van der Waals surface area contributed by atoms with Crippen LogP contribution in [0.2, 0.25) is 10.0 Å². The van der Waals surface area contributed by atoms with Crippen LogP contribution in [-0.2, 0) is 11.3 Å². The molecule has 0 N–H and O–H groups in total. The number of amides is 1. The second-order valence-electron chi connectivity index (χ2n) is 6.53. The highest BCUT2D eigenvalue weighted by Crippen LogP contribution is 2.33.